The van der Waals surface area contributed by atoms with Crippen molar-refractivity contribution in [3.63, 3.8) is 0 Å². The summed E-state index contributed by atoms with van der Waals surface area (Å²) in [6.45, 7) is 0.152. The number of hydrogen-bond acceptors (Lipinski definition) is 5. The first-order chi connectivity index (χ1) is 4.12. The summed E-state index contributed by atoms with van der Waals surface area (Å²) < 4.78 is 21.0. The Labute approximate surface area is 54.3 Å². The van der Waals surface area contributed by atoms with E-state index in [9.17, 15) is 8.42 Å². The maximum Gasteiger partial charge on any atom is 0.175 e. The van der Waals surface area contributed by atoms with E-state index in [-0.39, 0.29) is 18.4 Å². The summed E-state index contributed by atoms with van der Waals surface area (Å²) in [5.74, 6) is -0.472. The van der Waals surface area contributed by atoms with Crippen molar-refractivity contribution in [2.24, 2.45) is 11.5 Å². The number of nitrogens with two attached hydrogens (primary N) is 2. The molecule has 0 aromatic carbocycles. The van der Waals surface area contributed by atoms with Crippen LogP contribution in [-0.4, -0.2) is 26.8 Å². The van der Waals surface area contributed by atoms with Crippen molar-refractivity contribution in [3.05, 3.63) is 0 Å². The minimum Gasteiger partial charge on any atom is -0.318 e. The SMILES string of the molecule is NCNCS(=O)(=O)CN. The molecule has 0 bridgehead atoms. The van der Waals surface area contributed by atoms with Crippen molar-refractivity contribution in [1.29, 1.82) is 0 Å². The molecule has 0 saturated carbocycles. The lowest BCUT2D eigenvalue weighted by molar-refractivity contribution is 0.588. The van der Waals surface area contributed by atoms with Crippen LogP contribution in [0.2, 0.25) is 0 Å². The van der Waals surface area contributed by atoms with Crippen LogP contribution in [0.4, 0.5) is 0 Å². The predicted molar refractivity (Wildman–Crippen MR) is 35.0 cm³/mol. The molecule has 0 spiro atoms. The lowest BCUT2D eigenvalue weighted by Gasteiger charge is -1.99. The quantitative estimate of drug-likeness (QED) is 0.397. The van der Waals surface area contributed by atoms with Crippen LogP contribution < -0.4 is 16.8 Å². The molecule has 0 amide bonds. The molecule has 5 N–H and O–H groups in total. The average molecular weight is 153 g/mol. The highest BCUT2D eigenvalue weighted by molar-refractivity contribution is 7.91. The van der Waals surface area contributed by atoms with E-state index >= 15 is 0 Å². The number of sulfone groups is 1. The van der Waals surface area contributed by atoms with Crippen LogP contribution in [0, 0.1) is 0 Å². The summed E-state index contributed by atoms with van der Waals surface area (Å²) >= 11 is 0. The zero-order chi connectivity index (χ0) is 7.33. The Kier molecular flexibility index (Phi) is 3.71. The lowest BCUT2D eigenvalue weighted by Crippen LogP contribution is -2.31. The van der Waals surface area contributed by atoms with Gasteiger partial charge >= 0.3 is 0 Å². The van der Waals surface area contributed by atoms with Crippen molar-refractivity contribution in [2.75, 3.05) is 18.4 Å². The number of rotatable bonds is 4. The highest BCUT2D eigenvalue weighted by atomic mass is 32.2. The zero-order valence-electron chi connectivity index (χ0n) is 5.00. The highest BCUT2D eigenvalue weighted by Gasteiger charge is 2.03. The molecule has 0 aromatic heterocycles. The van der Waals surface area contributed by atoms with Crippen molar-refractivity contribution in [2.45, 2.75) is 0 Å². The fraction of sp³-hybridized carbons (Fsp3) is 1.00. The first-order valence-electron chi connectivity index (χ1n) is 2.43. The summed E-state index contributed by atoms with van der Waals surface area (Å²) in [5, 5.41) is 2.45. The van der Waals surface area contributed by atoms with E-state index in [1.54, 1.807) is 0 Å². The molecular formula is C3H11N3O2S. The van der Waals surface area contributed by atoms with E-state index in [1.807, 2.05) is 0 Å². The molecule has 9 heavy (non-hydrogen) atoms. The molecule has 0 aliphatic carbocycles. The molecule has 0 aliphatic heterocycles. The molecule has 0 aliphatic rings. The van der Waals surface area contributed by atoms with E-state index < -0.39 is 9.84 Å². The molecule has 0 aromatic rings. The van der Waals surface area contributed by atoms with Crippen LogP contribution in [-0.2, 0) is 9.84 Å². The van der Waals surface area contributed by atoms with Crippen LogP contribution >= 0.6 is 0 Å². The molecule has 0 atom stereocenters. The summed E-state index contributed by atoms with van der Waals surface area (Å²) in [7, 11) is -3.09. The molecule has 5 nitrogen and oxygen atoms in total. The van der Waals surface area contributed by atoms with Gasteiger partial charge in [0.25, 0.3) is 0 Å². The smallest absolute Gasteiger partial charge is 0.175 e. The monoisotopic (exact) mass is 153 g/mol. The van der Waals surface area contributed by atoms with Gasteiger partial charge in [0, 0.05) is 6.67 Å². The second kappa shape index (κ2) is 3.78. The molecule has 0 radical (unpaired) electrons. The first-order valence-corrected chi connectivity index (χ1v) is 4.26. The topological polar surface area (TPSA) is 98.2 Å². The van der Waals surface area contributed by atoms with Gasteiger partial charge in [0.15, 0.2) is 9.84 Å². The fourth-order valence-corrected chi connectivity index (χ4v) is 0.820. The van der Waals surface area contributed by atoms with Crippen LogP contribution in [0.1, 0.15) is 0 Å². The van der Waals surface area contributed by atoms with E-state index in [0.29, 0.717) is 0 Å². The number of hydrogen-bond donors (Lipinski definition) is 3. The van der Waals surface area contributed by atoms with Gasteiger partial charge in [-0.15, -0.1) is 0 Å². The molecule has 0 saturated heterocycles. The predicted octanol–water partition coefficient (Wildman–Crippen LogP) is -2.22. The van der Waals surface area contributed by atoms with Gasteiger partial charge in [-0.3, -0.25) is 5.32 Å². The van der Waals surface area contributed by atoms with Gasteiger partial charge in [-0.1, -0.05) is 0 Å². The molecule has 0 unspecified atom stereocenters. The molecular weight excluding hydrogens is 142 g/mol. The van der Waals surface area contributed by atoms with Crippen LogP contribution in [0.25, 0.3) is 0 Å². The molecule has 0 heterocycles. The summed E-state index contributed by atoms with van der Waals surface area (Å²) in [4.78, 5) is 0. The van der Waals surface area contributed by atoms with Crippen molar-refractivity contribution >= 4 is 9.84 Å². The van der Waals surface area contributed by atoms with Crippen LogP contribution in [0.15, 0.2) is 0 Å². The second-order valence-corrected chi connectivity index (χ2v) is 3.62. The summed E-state index contributed by atoms with van der Waals surface area (Å²) in [5.41, 5.74) is 9.85. The Morgan fingerprint density at radius 2 is 1.89 bits per heavy atom. The van der Waals surface area contributed by atoms with E-state index in [4.69, 9.17) is 11.5 Å². The Morgan fingerprint density at radius 3 is 2.22 bits per heavy atom. The Hall–Kier alpha value is -0.170. The second-order valence-electron chi connectivity index (χ2n) is 1.51. The third-order valence-corrected chi connectivity index (χ3v) is 1.87. The fourth-order valence-electron chi connectivity index (χ4n) is 0.273. The van der Waals surface area contributed by atoms with E-state index in [0.717, 1.165) is 0 Å². The van der Waals surface area contributed by atoms with Gasteiger partial charge < -0.3 is 11.5 Å². The van der Waals surface area contributed by atoms with Gasteiger partial charge in [-0.25, -0.2) is 8.42 Å². The molecule has 56 valence electrons. The minimum atomic E-state index is -3.09. The van der Waals surface area contributed by atoms with Crippen molar-refractivity contribution in [3.8, 4) is 0 Å². The third-order valence-electron chi connectivity index (χ3n) is 0.720. The first kappa shape index (κ1) is 8.83. The minimum absolute atomic E-state index is 0.139. The van der Waals surface area contributed by atoms with Crippen molar-refractivity contribution in [1.82, 2.24) is 5.32 Å². The maximum absolute atomic E-state index is 10.5. The Bertz CT molecular complexity index is 152. The standard InChI is InChI=1S/C3H11N3O2S/c4-1-6-3-9(7,8)2-5/h6H,1-5H2. The molecule has 6 heteroatoms. The average Bonchev–Trinajstić information content (AvgIpc) is 1.84. The van der Waals surface area contributed by atoms with Gasteiger partial charge in [-0.2, -0.15) is 0 Å². The largest absolute Gasteiger partial charge is 0.318 e. The molecule has 0 rings (SSSR count). The highest BCUT2D eigenvalue weighted by Crippen LogP contribution is 1.78. The zero-order valence-corrected chi connectivity index (χ0v) is 5.82. The summed E-state index contributed by atoms with van der Waals surface area (Å²) in [6, 6.07) is 0. The molecule has 0 fully saturated rings. The maximum atomic E-state index is 10.5. The van der Waals surface area contributed by atoms with Crippen LogP contribution in [0.3, 0.4) is 0 Å². The van der Waals surface area contributed by atoms with Gasteiger partial charge in [0.1, 0.15) is 5.88 Å². The van der Waals surface area contributed by atoms with Gasteiger partial charge in [0.05, 0.1) is 5.88 Å². The van der Waals surface area contributed by atoms with Crippen LogP contribution in [0.5, 0.6) is 0 Å². The lowest BCUT2D eigenvalue weighted by atomic mass is 11.1. The van der Waals surface area contributed by atoms with Gasteiger partial charge in [0.2, 0.25) is 0 Å². The van der Waals surface area contributed by atoms with E-state index in [2.05, 4.69) is 5.32 Å². The Morgan fingerprint density at radius 1 is 1.33 bits per heavy atom. The normalized spacial score (nSPS) is 11.8. The Balaban J connectivity index is 3.61. The summed E-state index contributed by atoms with van der Waals surface area (Å²) in [6.07, 6.45) is 0. The third kappa shape index (κ3) is 4.34. The van der Waals surface area contributed by atoms with Gasteiger partial charge in [-0.05, 0) is 0 Å². The van der Waals surface area contributed by atoms with E-state index in [1.165, 1.54) is 0 Å². The van der Waals surface area contributed by atoms with Crippen molar-refractivity contribution < 1.29 is 8.42 Å². The number of nitrogens with one attached hydrogen (secondary N) is 1.